The van der Waals surface area contributed by atoms with Crippen LogP contribution < -0.4 is 15.6 Å². The van der Waals surface area contributed by atoms with E-state index >= 15 is 0 Å². The van der Waals surface area contributed by atoms with Gasteiger partial charge in [-0.2, -0.15) is 0 Å². The summed E-state index contributed by atoms with van der Waals surface area (Å²) in [5.41, 5.74) is 1.48. The molecule has 2 fully saturated rings. The Bertz CT molecular complexity index is 1460. The van der Waals surface area contributed by atoms with E-state index < -0.39 is 0 Å². The number of carbonyl (C=O) groups excluding carboxylic acids is 2. The lowest BCUT2D eigenvalue weighted by atomic mass is 9.99. The number of fused-ring (bicyclic) bond motifs is 6. The molecule has 2 amide bonds. The van der Waals surface area contributed by atoms with Gasteiger partial charge in [0.2, 0.25) is 5.91 Å². The molecule has 4 heterocycles. The smallest absolute Gasteiger partial charge is 0.263 e. The van der Waals surface area contributed by atoms with Gasteiger partial charge in [-0.1, -0.05) is 23.4 Å². The zero-order valence-corrected chi connectivity index (χ0v) is 23.4. The van der Waals surface area contributed by atoms with E-state index in [0.29, 0.717) is 38.3 Å². The first-order valence-electron chi connectivity index (χ1n) is 14.5. The third-order valence-corrected chi connectivity index (χ3v) is 8.49. The maximum absolute atomic E-state index is 13.1. The van der Waals surface area contributed by atoms with E-state index in [1.54, 1.807) is 19.3 Å². The number of amides is 2. The highest BCUT2D eigenvalue weighted by atomic mass is 16.5. The standard InChI is InChI=1S/C30H37N7O4/c1-34-14-12-31-28(38)15-22-17-35(16-21-7-2-5-11-27(21)41-24-8-3-4-9-24)20-26(22)37-19-23(32-33-37)18-36-13-6-10-25(29(34)39)30(36)40/h2,5-7,10-11,13,19,22,24,26H,3-4,8-9,12,14-18,20H2,1H3,(H,31,38)/t22-,26+/m0/s1. The van der Waals surface area contributed by atoms with Crippen LogP contribution in [0, 0.1) is 5.92 Å². The normalized spacial score (nSPS) is 22.5. The van der Waals surface area contributed by atoms with E-state index in [4.69, 9.17) is 4.74 Å². The third-order valence-electron chi connectivity index (χ3n) is 8.49. The maximum Gasteiger partial charge on any atom is 0.263 e. The van der Waals surface area contributed by atoms with Crippen LogP contribution in [0.25, 0.3) is 0 Å². The number of hydrogen-bond donors (Lipinski definition) is 1. The number of nitrogens with one attached hydrogen (secondary N) is 1. The molecule has 0 unspecified atom stereocenters. The van der Waals surface area contributed by atoms with Crippen molar-refractivity contribution in [3.63, 3.8) is 0 Å². The number of likely N-dealkylation sites (N-methyl/N-ethyl adjacent to an activating group) is 1. The summed E-state index contributed by atoms with van der Waals surface area (Å²) in [6.45, 7) is 2.98. The van der Waals surface area contributed by atoms with Gasteiger partial charge < -0.3 is 19.5 Å². The molecule has 0 spiro atoms. The Labute approximate surface area is 239 Å². The van der Waals surface area contributed by atoms with Crippen molar-refractivity contribution in [1.29, 1.82) is 0 Å². The van der Waals surface area contributed by atoms with Crippen LogP contribution in [-0.4, -0.2) is 80.5 Å². The van der Waals surface area contributed by atoms with E-state index in [9.17, 15) is 14.4 Å². The SMILES string of the molecule is CN1CCNC(=O)C[C@H]2CN(Cc3ccccc3OC3CCCC3)C[C@H]2n2cc(nn2)Cn2cccc(c2=O)C1=O. The fourth-order valence-corrected chi connectivity index (χ4v) is 6.27. The minimum absolute atomic E-state index is 0.0192. The van der Waals surface area contributed by atoms with Crippen molar-refractivity contribution in [2.45, 2.75) is 57.3 Å². The largest absolute Gasteiger partial charge is 0.490 e. The molecule has 2 atom stereocenters. The van der Waals surface area contributed by atoms with Gasteiger partial charge in [-0.25, -0.2) is 4.68 Å². The predicted molar refractivity (Wildman–Crippen MR) is 152 cm³/mol. The minimum atomic E-state index is -0.377. The lowest BCUT2D eigenvalue weighted by Crippen LogP contribution is -2.39. The Balaban J connectivity index is 1.25. The van der Waals surface area contributed by atoms with Gasteiger partial charge in [0.25, 0.3) is 11.5 Å². The zero-order valence-electron chi connectivity index (χ0n) is 23.4. The molecule has 2 aliphatic heterocycles. The maximum atomic E-state index is 13.1. The first kappa shape index (κ1) is 27.2. The predicted octanol–water partition coefficient (Wildman–Crippen LogP) is 2.07. The number of hydrogen-bond acceptors (Lipinski definition) is 7. The van der Waals surface area contributed by atoms with Gasteiger partial charge in [0.1, 0.15) is 17.0 Å². The van der Waals surface area contributed by atoms with Crippen molar-refractivity contribution < 1.29 is 14.3 Å². The van der Waals surface area contributed by atoms with Crippen molar-refractivity contribution in [2.75, 3.05) is 33.2 Å². The highest BCUT2D eigenvalue weighted by Crippen LogP contribution is 2.33. The van der Waals surface area contributed by atoms with Crippen molar-refractivity contribution in [1.82, 2.24) is 34.7 Å². The number of rotatable bonds is 4. The van der Waals surface area contributed by atoms with Crippen molar-refractivity contribution >= 4 is 11.8 Å². The number of aromatic nitrogens is 4. The number of likely N-dealkylation sites (tertiary alicyclic amines) is 1. The summed E-state index contributed by atoms with van der Waals surface area (Å²) in [6, 6.07) is 11.4. The minimum Gasteiger partial charge on any atom is -0.490 e. The molecule has 1 saturated carbocycles. The molecule has 216 valence electrons. The highest BCUT2D eigenvalue weighted by molar-refractivity contribution is 5.93. The number of carbonyl (C=O) groups is 2. The van der Waals surface area contributed by atoms with E-state index in [1.807, 2.05) is 23.0 Å². The quantitative estimate of drug-likeness (QED) is 0.521. The molecule has 6 rings (SSSR count). The van der Waals surface area contributed by atoms with E-state index in [2.05, 4.69) is 32.7 Å². The van der Waals surface area contributed by atoms with Crippen LogP contribution in [0.5, 0.6) is 5.75 Å². The van der Waals surface area contributed by atoms with E-state index in [0.717, 1.165) is 30.7 Å². The molecule has 3 aliphatic rings. The van der Waals surface area contributed by atoms with Crippen molar-refractivity contribution in [3.05, 3.63) is 76.0 Å². The average molecular weight is 560 g/mol. The summed E-state index contributed by atoms with van der Waals surface area (Å²) in [7, 11) is 1.64. The number of ether oxygens (including phenoxy) is 1. The Morgan fingerprint density at radius 3 is 2.73 bits per heavy atom. The van der Waals surface area contributed by atoms with Gasteiger partial charge in [0.05, 0.1) is 24.9 Å². The fraction of sp³-hybridized carbons (Fsp3) is 0.500. The Hall–Kier alpha value is -3.99. The topological polar surface area (TPSA) is 115 Å². The molecule has 4 bridgehead atoms. The van der Waals surface area contributed by atoms with Crippen LogP contribution >= 0.6 is 0 Å². The van der Waals surface area contributed by atoms with Crippen molar-refractivity contribution in [2.24, 2.45) is 5.92 Å². The molecule has 2 aromatic heterocycles. The van der Waals surface area contributed by atoms with Gasteiger partial charge in [-0.05, 0) is 43.9 Å². The summed E-state index contributed by atoms with van der Waals surface area (Å²) < 4.78 is 9.72. The van der Waals surface area contributed by atoms with Gasteiger partial charge in [-0.15, -0.1) is 5.10 Å². The molecule has 11 nitrogen and oxygen atoms in total. The zero-order chi connectivity index (χ0) is 28.3. The molecule has 11 heteroatoms. The molecule has 1 aromatic carbocycles. The molecule has 1 aliphatic carbocycles. The van der Waals surface area contributed by atoms with Gasteiger partial charge in [0, 0.05) is 63.9 Å². The average Bonchev–Trinajstić information content (AvgIpc) is 3.72. The van der Waals surface area contributed by atoms with Gasteiger partial charge in [-0.3, -0.25) is 19.3 Å². The summed E-state index contributed by atoms with van der Waals surface area (Å²) in [4.78, 5) is 42.9. The summed E-state index contributed by atoms with van der Waals surface area (Å²) in [5, 5.41) is 11.7. The Kier molecular flexibility index (Phi) is 7.86. The summed E-state index contributed by atoms with van der Waals surface area (Å²) in [6.07, 6.45) is 8.78. The van der Waals surface area contributed by atoms with Crippen LogP contribution in [0.2, 0.25) is 0 Å². The molecular formula is C30H37N7O4. The van der Waals surface area contributed by atoms with E-state index in [-0.39, 0.29) is 47.5 Å². The van der Waals surface area contributed by atoms with Crippen molar-refractivity contribution in [3.8, 4) is 5.75 Å². The van der Waals surface area contributed by atoms with E-state index in [1.165, 1.54) is 28.4 Å². The number of nitrogens with zero attached hydrogens (tertiary/aromatic N) is 6. The summed E-state index contributed by atoms with van der Waals surface area (Å²) >= 11 is 0. The molecule has 1 saturated heterocycles. The van der Waals surface area contributed by atoms with Crippen LogP contribution in [-0.2, 0) is 17.9 Å². The monoisotopic (exact) mass is 559 g/mol. The van der Waals surface area contributed by atoms with Gasteiger partial charge in [0.15, 0.2) is 0 Å². The van der Waals surface area contributed by atoms with Crippen LogP contribution in [0.4, 0.5) is 0 Å². The first-order valence-corrected chi connectivity index (χ1v) is 14.5. The molecular weight excluding hydrogens is 522 g/mol. The number of pyridine rings is 1. The van der Waals surface area contributed by atoms with Crippen LogP contribution in [0.3, 0.4) is 0 Å². The molecule has 0 radical (unpaired) electrons. The lowest BCUT2D eigenvalue weighted by Gasteiger charge is -2.20. The Morgan fingerprint density at radius 1 is 1.05 bits per heavy atom. The van der Waals surface area contributed by atoms with Gasteiger partial charge >= 0.3 is 0 Å². The Morgan fingerprint density at radius 2 is 1.88 bits per heavy atom. The molecule has 1 N–H and O–H groups in total. The highest BCUT2D eigenvalue weighted by Gasteiger charge is 2.36. The number of benzene rings is 1. The lowest BCUT2D eigenvalue weighted by molar-refractivity contribution is -0.122. The molecule has 3 aromatic rings. The second-order valence-electron chi connectivity index (χ2n) is 11.5. The number of para-hydroxylation sites is 1. The molecule has 41 heavy (non-hydrogen) atoms. The van der Waals surface area contributed by atoms with Crippen LogP contribution in [0.15, 0.2) is 53.6 Å². The second kappa shape index (κ2) is 11.9. The second-order valence-corrected chi connectivity index (χ2v) is 11.5. The summed E-state index contributed by atoms with van der Waals surface area (Å²) in [5.74, 6) is 0.517. The third kappa shape index (κ3) is 6.04. The first-order chi connectivity index (χ1) is 19.9. The van der Waals surface area contributed by atoms with Crippen LogP contribution in [0.1, 0.15) is 59.8 Å². The fourth-order valence-electron chi connectivity index (χ4n) is 6.27.